The van der Waals surface area contributed by atoms with Crippen LogP contribution in [0.15, 0.2) is 66.3 Å². The second kappa shape index (κ2) is 5.50. The van der Waals surface area contributed by atoms with Crippen molar-refractivity contribution in [2.75, 3.05) is 7.11 Å². The number of hydrogen-bond donors (Lipinski definition) is 2. The fraction of sp³-hybridized carbons (Fsp3) is 0.167. The number of nitrogens with two attached hydrogens (primary N) is 1. The van der Waals surface area contributed by atoms with Crippen LogP contribution in [0.4, 0.5) is 0 Å². The van der Waals surface area contributed by atoms with Gasteiger partial charge < -0.3 is 9.84 Å². The Morgan fingerprint density at radius 1 is 1.23 bits per heavy atom. The first kappa shape index (κ1) is 14.7. The van der Waals surface area contributed by atoms with Crippen molar-refractivity contribution in [3.8, 4) is 0 Å². The van der Waals surface area contributed by atoms with E-state index in [9.17, 15) is 9.90 Å². The van der Waals surface area contributed by atoms with E-state index in [0.717, 1.165) is 10.8 Å². The number of Topliss-reactive ketones (excluding diaryl/α,β-unsaturated/α-hetero) is 1. The van der Waals surface area contributed by atoms with E-state index in [4.69, 9.17) is 10.5 Å². The van der Waals surface area contributed by atoms with Gasteiger partial charge in [-0.15, -0.1) is 0 Å². The summed E-state index contributed by atoms with van der Waals surface area (Å²) in [6, 6.07) is 13.1. The van der Waals surface area contributed by atoms with Crippen LogP contribution in [0.25, 0.3) is 10.8 Å². The van der Waals surface area contributed by atoms with E-state index in [0.29, 0.717) is 5.56 Å². The number of benzene rings is 2. The summed E-state index contributed by atoms with van der Waals surface area (Å²) in [5.41, 5.74) is 4.74. The van der Waals surface area contributed by atoms with Crippen molar-refractivity contribution < 1.29 is 14.6 Å². The molecule has 0 bridgehead atoms. The summed E-state index contributed by atoms with van der Waals surface area (Å²) in [7, 11) is 1.44. The van der Waals surface area contributed by atoms with E-state index in [-0.39, 0.29) is 11.4 Å². The number of ketones is 1. The molecular formula is C18H17NO3. The van der Waals surface area contributed by atoms with Crippen LogP contribution in [0.5, 0.6) is 0 Å². The molecule has 2 unspecified atom stereocenters. The Bertz CT molecular complexity index is 785. The van der Waals surface area contributed by atoms with E-state index in [1.54, 1.807) is 24.3 Å². The summed E-state index contributed by atoms with van der Waals surface area (Å²) >= 11 is 0. The van der Waals surface area contributed by atoms with Crippen LogP contribution < -0.4 is 5.73 Å². The van der Waals surface area contributed by atoms with E-state index in [1.165, 1.54) is 7.11 Å². The lowest BCUT2D eigenvalue weighted by atomic mass is 9.86. The predicted octanol–water partition coefficient (Wildman–Crippen LogP) is 2.18. The van der Waals surface area contributed by atoms with Gasteiger partial charge in [0.1, 0.15) is 6.10 Å². The smallest absolute Gasteiger partial charge is 0.194 e. The number of fused-ring (bicyclic) bond motifs is 1. The highest BCUT2D eigenvalue weighted by Crippen LogP contribution is 2.29. The zero-order chi connectivity index (χ0) is 15.7. The van der Waals surface area contributed by atoms with Crippen molar-refractivity contribution >= 4 is 16.6 Å². The zero-order valence-corrected chi connectivity index (χ0v) is 12.2. The number of rotatable bonds is 3. The average Bonchev–Trinajstić information content (AvgIpc) is 2.53. The molecule has 0 aliphatic heterocycles. The molecule has 0 radical (unpaired) electrons. The molecule has 0 saturated heterocycles. The van der Waals surface area contributed by atoms with E-state index < -0.39 is 11.8 Å². The largest absolute Gasteiger partial charge is 0.373 e. The highest BCUT2D eigenvalue weighted by molar-refractivity contribution is 6.17. The van der Waals surface area contributed by atoms with Gasteiger partial charge in [0.15, 0.2) is 11.5 Å². The Kier molecular flexibility index (Phi) is 3.66. The molecule has 1 aliphatic carbocycles. The Labute approximate surface area is 128 Å². The van der Waals surface area contributed by atoms with Crippen LogP contribution in [-0.2, 0) is 4.74 Å². The summed E-state index contributed by atoms with van der Waals surface area (Å²) in [5.74, 6) is -0.298. The van der Waals surface area contributed by atoms with Gasteiger partial charge in [0.25, 0.3) is 0 Å². The van der Waals surface area contributed by atoms with Gasteiger partial charge in [-0.05, 0) is 10.8 Å². The predicted molar refractivity (Wildman–Crippen MR) is 85.4 cm³/mol. The van der Waals surface area contributed by atoms with Crippen LogP contribution in [0, 0.1) is 0 Å². The van der Waals surface area contributed by atoms with Gasteiger partial charge in [0.05, 0.1) is 0 Å². The van der Waals surface area contributed by atoms with Crippen LogP contribution in [0.2, 0.25) is 0 Å². The Morgan fingerprint density at radius 2 is 1.95 bits per heavy atom. The first-order valence-corrected chi connectivity index (χ1v) is 7.01. The van der Waals surface area contributed by atoms with Crippen LogP contribution in [0.3, 0.4) is 0 Å². The van der Waals surface area contributed by atoms with E-state index >= 15 is 0 Å². The van der Waals surface area contributed by atoms with Crippen molar-refractivity contribution in [3.63, 3.8) is 0 Å². The second-order valence-electron chi connectivity index (χ2n) is 5.30. The van der Waals surface area contributed by atoms with Crippen LogP contribution in [-0.4, -0.2) is 29.8 Å². The summed E-state index contributed by atoms with van der Waals surface area (Å²) < 4.78 is 5.16. The third-order valence-electron chi connectivity index (χ3n) is 3.95. The Morgan fingerprint density at radius 3 is 2.73 bits per heavy atom. The maximum atomic E-state index is 12.9. The summed E-state index contributed by atoms with van der Waals surface area (Å²) in [6.45, 7) is 0. The molecular weight excluding hydrogens is 278 g/mol. The molecule has 22 heavy (non-hydrogen) atoms. The Hall–Kier alpha value is -2.27. The fourth-order valence-electron chi connectivity index (χ4n) is 2.77. The maximum Gasteiger partial charge on any atom is 0.194 e. The summed E-state index contributed by atoms with van der Waals surface area (Å²) in [6.07, 6.45) is 4.08. The molecule has 3 rings (SSSR count). The number of methoxy groups -OCH3 is 1. The molecule has 1 aliphatic rings. The fourth-order valence-corrected chi connectivity index (χ4v) is 2.77. The first-order valence-electron chi connectivity index (χ1n) is 7.01. The lowest BCUT2D eigenvalue weighted by Gasteiger charge is -2.33. The topological polar surface area (TPSA) is 72.5 Å². The van der Waals surface area contributed by atoms with E-state index in [1.807, 2.05) is 36.4 Å². The molecule has 2 atom stereocenters. The van der Waals surface area contributed by atoms with Crippen molar-refractivity contribution in [1.29, 1.82) is 0 Å². The number of ether oxygens (including phenoxy) is 1. The SMILES string of the molecule is COC1C=CC=C(C(=O)c2cccc3ccccc23)C1(N)O. The Balaban J connectivity index is 2.10. The molecule has 4 nitrogen and oxygen atoms in total. The number of hydrogen-bond acceptors (Lipinski definition) is 4. The minimum atomic E-state index is -1.85. The number of carbonyl (C=O) groups is 1. The molecule has 2 aromatic rings. The van der Waals surface area contributed by atoms with Crippen molar-refractivity contribution in [3.05, 3.63) is 71.8 Å². The maximum absolute atomic E-state index is 12.9. The lowest BCUT2D eigenvalue weighted by Crippen LogP contribution is -2.55. The minimum absolute atomic E-state index is 0.123. The highest BCUT2D eigenvalue weighted by atomic mass is 16.5. The minimum Gasteiger partial charge on any atom is -0.373 e. The molecule has 0 amide bonds. The van der Waals surface area contributed by atoms with Crippen molar-refractivity contribution in [1.82, 2.24) is 0 Å². The van der Waals surface area contributed by atoms with Crippen molar-refractivity contribution in [2.24, 2.45) is 5.73 Å². The standard InChI is InChI=1S/C18H17NO3/c1-22-16-11-5-10-15(18(16,19)21)17(20)14-9-4-7-12-6-2-3-8-13(12)14/h2-11,16,21H,19H2,1H3. The molecule has 4 heteroatoms. The summed E-state index contributed by atoms with van der Waals surface area (Å²) in [5, 5.41) is 12.3. The molecule has 0 fully saturated rings. The normalized spacial score (nSPS) is 24.3. The monoisotopic (exact) mass is 295 g/mol. The van der Waals surface area contributed by atoms with Gasteiger partial charge in [-0.2, -0.15) is 0 Å². The van der Waals surface area contributed by atoms with Crippen LogP contribution >= 0.6 is 0 Å². The van der Waals surface area contributed by atoms with Gasteiger partial charge in [0.2, 0.25) is 0 Å². The quantitative estimate of drug-likeness (QED) is 0.672. The first-order chi connectivity index (χ1) is 10.6. The second-order valence-corrected chi connectivity index (χ2v) is 5.30. The van der Waals surface area contributed by atoms with Gasteiger partial charge in [0, 0.05) is 18.2 Å². The third kappa shape index (κ3) is 2.27. The molecule has 112 valence electrons. The molecule has 0 spiro atoms. The zero-order valence-electron chi connectivity index (χ0n) is 12.2. The van der Waals surface area contributed by atoms with Crippen molar-refractivity contribution in [2.45, 2.75) is 11.8 Å². The summed E-state index contributed by atoms with van der Waals surface area (Å²) in [4.78, 5) is 12.9. The van der Waals surface area contributed by atoms with Gasteiger partial charge in [-0.3, -0.25) is 10.5 Å². The molecule has 3 N–H and O–H groups in total. The molecule has 2 aromatic carbocycles. The number of allylic oxidation sites excluding steroid dienone is 2. The molecule has 0 saturated carbocycles. The lowest BCUT2D eigenvalue weighted by molar-refractivity contribution is -0.0408. The van der Waals surface area contributed by atoms with E-state index in [2.05, 4.69) is 0 Å². The van der Waals surface area contributed by atoms with Gasteiger partial charge >= 0.3 is 0 Å². The highest BCUT2D eigenvalue weighted by Gasteiger charge is 2.40. The molecule has 0 heterocycles. The van der Waals surface area contributed by atoms with Gasteiger partial charge in [-0.25, -0.2) is 0 Å². The van der Waals surface area contributed by atoms with Gasteiger partial charge in [-0.1, -0.05) is 60.7 Å². The molecule has 0 aromatic heterocycles. The average molecular weight is 295 g/mol. The number of carbonyl (C=O) groups excluding carboxylic acids is 1. The number of aliphatic hydroxyl groups is 1. The van der Waals surface area contributed by atoms with Crippen LogP contribution in [0.1, 0.15) is 10.4 Å². The third-order valence-corrected chi connectivity index (χ3v) is 3.95.